The minimum absolute atomic E-state index is 0.0469. The van der Waals surface area contributed by atoms with Gasteiger partial charge in [0.05, 0.1) is 46.2 Å². The van der Waals surface area contributed by atoms with Crippen molar-refractivity contribution < 1.29 is 14.6 Å². The van der Waals surface area contributed by atoms with E-state index in [9.17, 15) is 5.11 Å². The number of hydrazine groups is 1. The Morgan fingerprint density at radius 1 is 1.14 bits per heavy atom. The number of anilines is 1. The van der Waals surface area contributed by atoms with Crippen molar-refractivity contribution in [3.05, 3.63) is 51.4 Å². The second-order valence-electron chi connectivity index (χ2n) is 9.86. The van der Waals surface area contributed by atoms with Gasteiger partial charge in [-0.05, 0) is 50.7 Å². The van der Waals surface area contributed by atoms with E-state index in [1.165, 1.54) is 0 Å². The molecule has 2 aromatic heterocycles. The highest BCUT2D eigenvalue weighted by Gasteiger charge is 2.46. The van der Waals surface area contributed by atoms with E-state index in [-0.39, 0.29) is 36.5 Å². The molecule has 3 N–H and O–H groups in total. The van der Waals surface area contributed by atoms with E-state index in [1.54, 1.807) is 13.3 Å². The first-order valence-corrected chi connectivity index (χ1v) is 13.0. The van der Waals surface area contributed by atoms with Gasteiger partial charge in [0.2, 0.25) is 0 Å². The molecule has 3 fully saturated rings. The van der Waals surface area contributed by atoms with Crippen molar-refractivity contribution in [2.24, 2.45) is 5.92 Å². The zero-order valence-corrected chi connectivity index (χ0v) is 21.8. The average Bonchev–Trinajstić information content (AvgIpc) is 3.47. The fourth-order valence-electron chi connectivity index (χ4n) is 5.72. The lowest BCUT2D eigenvalue weighted by molar-refractivity contribution is -0.117. The molecule has 2 saturated heterocycles. The molecule has 8 nitrogen and oxygen atoms in total. The van der Waals surface area contributed by atoms with Gasteiger partial charge in [-0.1, -0.05) is 29.3 Å². The summed E-state index contributed by atoms with van der Waals surface area (Å²) in [4.78, 5) is 11.1. The molecule has 1 aliphatic carbocycles. The lowest BCUT2D eigenvalue weighted by Crippen LogP contribution is -2.47. The highest BCUT2D eigenvalue weighted by Crippen LogP contribution is 2.42. The maximum absolute atomic E-state index is 9.84. The van der Waals surface area contributed by atoms with E-state index in [0.29, 0.717) is 22.5 Å². The maximum atomic E-state index is 9.84. The van der Waals surface area contributed by atoms with Crippen LogP contribution in [0.1, 0.15) is 55.2 Å². The summed E-state index contributed by atoms with van der Waals surface area (Å²) < 4.78 is 12.4. The molecule has 5 unspecified atom stereocenters. The van der Waals surface area contributed by atoms with Gasteiger partial charge in [0.15, 0.2) is 0 Å². The van der Waals surface area contributed by atoms with E-state index in [2.05, 4.69) is 32.9 Å². The van der Waals surface area contributed by atoms with Gasteiger partial charge in [0.1, 0.15) is 5.82 Å². The number of pyridine rings is 2. The molecular weight excluding hydrogens is 489 g/mol. The van der Waals surface area contributed by atoms with Crippen molar-refractivity contribution in [3.63, 3.8) is 0 Å². The molecule has 0 amide bonds. The van der Waals surface area contributed by atoms with Crippen LogP contribution < -0.4 is 15.8 Å². The summed E-state index contributed by atoms with van der Waals surface area (Å²) in [5, 5.41) is 10.9. The van der Waals surface area contributed by atoms with Gasteiger partial charge < -0.3 is 19.5 Å². The Labute approximate surface area is 216 Å². The van der Waals surface area contributed by atoms with Gasteiger partial charge in [-0.2, -0.15) is 0 Å². The zero-order chi connectivity index (χ0) is 24.7. The summed E-state index contributed by atoms with van der Waals surface area (Å²) in [6.45, 7) is 5.32. The lowest BCUT2D eigenvalue weighted by Gasteiger charge is -2.39. The van der Waals surface area contributed by atoms with Crippen LogP contribution in [0.4, 0.5) is 5.82 Å². The summed E-state index contributed by atoms with van der Waals surface area (Å²) in [6, 6.07) is 4.56. The van der Waals surface area contributed by atoms with Gasteiger partial charge in [-0.25, -0.2) is 10.4 Å². The van der Waals surface area contributed by atoms with E-state index in [0.717, 1.165) is 48.4 Å². The van der Waals surface area contributed by atoms with Crippen molar-refractivity contribution in [1.82, 2.24) is 20.8 Å². The molecule has 1 saturated carbocycles. The van der Waals surface area contributed by atoms with Crippen LogP contribution in [-0.4, -0.2) is 59.6 Å². The number of ether oxygens (including phenoxy) is 2. The summed E-state index contributed by atoms with van der Waals surface area (Å²) in [6.07, 6.45) is 5.28. The standard InChI is InChI=1S/C25H33Cl2N5O3/c1-13-24(27)23(18(26)11-28-13)14(2)35-21-8-17-19(9-20(21)34-3)30-31-25(17)15-4-5-22(29-10-15)32-7-6-16(33)12-32/h4-5,10-11,14,16-17,19-21,25,30-31,33H,6-9,12H2,1-3H3/t14-,16+,17?,19?,20?,21?,25?/m1/s1. The van der Waals surface area contributed by atoms with E-state index in [1.807, 2.05) is 20.0 Å². The fourth-order valence-corrected chi connectivity index (χ4v) is 6.37. The van der Waals surface area contributed by atoms with Crippen LogP contribution in [-0.2, 0) is 9.47 Å². The molecule has 10 heteroatoms. The van der Waals surface area contributed by atoms with Crippen LogP contribution in [0.15, 0.2) is 24.5 Å². The molecule has 4 heterocycles. The van der Waals surface area contributed by atoms with Crippen molar-refractivity contribution in [2.45, 2.75) is 69.6 Å². The Hall–Kier alpha value is -1.52. The molecule has 35 heavy (non-hydrogen) atoms. The van der Waals surface area contributed by atoms with Crippen LogP contribution in [0.25, 0.3) is 0 Å². The van der Waals surface area contributed by atoms with Crippen LogP contribution in [0.5, 0.6) is 0 Å². The van der Waals surface area contributed by atoms with Crippen LogP contribution in [0, 0.1) is 12.8 Å². The monoisotopic (exact) mass is 521 g/mol. The number of methoxy groups -OCH3 is 1. The Balaban J connectivity index is 1.31. The molecule has 190 valence electrons. The zero-order valence-electron chi connectivity index (χ0n) is 20.2. The quantitative estimate of drug-likeness (QED) is 0.529. The number of halogens is 2. The molecule has 0 radical (unpaired) electrons. The van der Waals surface area contributed by atoms with E-state index >= 15 is 0 Å². The van der Waals surface area contributed by atoms with Crippen molar-refractivity contribution in [2.75, 3.05) is 25.1 Å². The van der Waals surface area contributed by atoms with Crippen molar-refractivity contribution >= 4 is 29.0 Å². The van der Waals surface area contributed by atoms with Crippen molar-refractivity contribution in [1.29, 1.82) is 0 Å². The number of rotatable bonds is 6. The van der Waals surface area contributed by atoms with E-state index in [4.69, 9.17) is 37.7 Å². The predicted molar refractivity (Wildman–Crippen MR) is 136 cm³/mol. The second-order valence-corrected chi connectivity index (χ2v) is 10.6. The number of aliphatic hydroxyl groups excluding tert-OH is 1. The Morgan fingerprint density at radius 2 is 1.97 bits per heavy atom. The number of nitrogens with zero attached hydrogens (tertiary/aromatic N) is 3. The molecule has 2 aromatic rings. The molecule has 5 rings (SSSR count). The smallest absolute Gasteiger partial charge is 0.128 e. The van der Waals surface area contributed by atoms with Crippen LogP contribution >= 0.6 is 23.2 Å². The topological polar surface area (TPSA) is 91.8 Å². The number of fused-ring (bicyclic) bond motifs is 1. The first-order valence-electron chi connectivity index (χ1n) is 12.2. The van der Waals surface area contributed by atoms with Gasteiger partial charge in [0, 0.05) is 44.2 Å². The summed E-state index contributed by atoms with van der Waals surface area (Å²) in [5.74, 6) is 1.22. The van der Waals surface area contributed by atoms with Crippen molar-refractivity contribution in [3.8, 4) is 0 Å². The van der Waals surface area contributed by atoms with Gasteiger partial charge in [-0.3, -0.25) is 10.4 Å². The molecule has 0 aromatic carbocycles. The number of aryl methyl sites for hydroxylation is 1. The molecular formula is C25H33Cl2N5O3. The third-order valence-electron chi connectivity index (χ3n) is 7.66. The number of hydrogen-bond acceptors (Lipinski definition) is 8. The molecule has 2 aliphatic heterocycles. The Kier molecular flexibility index (Phi) is 7.51. The van der Waals surface area contributed by atoms with Gasteiger partial charge in [0.25, 0.3) is 0 Å². The molecule has 0 bridgehead atoms. The highest BCUT2D eigenvalue weighted by molar-refractivity contribution is 6.36. The minimum atomic E-state index is -0.298. The highest BCUT2D eigenvalue weighted by atomic mass is 35.5. The van der Waals surface area contributed by atoms with Crippen LogP contribution in [0.2, 0.25) is 10.0 Å². The maximum Gasteiger partial charge on any atom is 0.128 e. The normalized spacial score (nSPS) is 31.5. The number of aromatic nitrogens is 2. The number of aliphatic hydroxyl groups is 1. The van der Waals surface area contributed by atoms with Gasteiger partial charge in [-0.15, -0.1) is 0 Å². The summed E-state index contributed by atoms with van der Waals surface area (Å²) in [7, 11) is 1.74. The third kappa shape index (κ3) is 5.03. The number of nitrogens with one attached hydrogen (secondary N) is 2. The first kappa shape index (κ1) is 25.1. The van der Waals surface area contributed by atoms with Gasteiger partial charge >= 0.3 is 0 Å². The Morgan fingerprint density at radius 3 is 2.66 bits per heavy atom. The predicted octanol–water partition coefficient (Wildman–Crippen LogP) is 3.75. The third-order valence-corrected chi connectivity index (χ3v) is 8.44. The molecule has 0 spiro atoms. The Bertz CT molecular complexity index is 1040. The molecule has 3 aliphatic rings. The summed E-state index contributed by atoms with van der Waals surface area (Å²) in [5.41, 5.74) is 9.59. The van der Waals surface area contributed by atoms with E-state index < -0.39 is 0 Å². The summed E-state index contributed by atoms with van der Waals surface area (Å²) >= 11 is 13.0. The fraction of sp³-hybridized carbons (Fsp3) is 0.600. The number of β-amino-alcohol motifs (C(OH)–C–C–N with tert-alkyl or cyclic N) is 1. The lowest BCUT2D eigenvalue weighted by atomic mass is 9.77. The van der Waals surface area contributed by atoms with Crippen LogP contribution in [0.3, 0.4) is 0 Å². The second kappa shape index (κ2) is 10.5. The average molecular weight is 522 g/mol. The largest absolute Gasteiger partial charge is 0.391 e. The molecule has 7 atom stereocenters. The SMILES string of the molecule is COC1CC2NNC(c3ccc(N4CC[C@H](O)C4)nc3)C2CC1O[C@H](C)c1c(Cl)cnc(C)c1Cl. The minimum Gasteiger partial charge on any atom is -0.391 e. The number of hydrogen-bond donors (Lipinski definition) is 3. The first-order chi connectivity index (χ1) is 16.9.